The second-order valence-corrected chi connectivity index (χ2v) is 5.54. The van der Waals surface area contributed by atoms with Gasteiger partial charge >= 0.3 is 0 Å². The number of hydrogen-bond acceptors (Lipinski definition) is 4. The summed E-state index contributed by atoms with van der Waals surface area (Å²) >= 11 is 0. The van der Waals surface area contributed by atoms with Gasteiger partial charge in [0.2, 0.25) is 5.91 Å². The zero-order chi connectivity index (χ0) is 16.8. The highest BCUT2D eigenvalue weighted by Crippen LogP contribution is 2.11. The van der Waals surface area contributed by atoms with E-state index in [1.165, 1.54) is 31.4 Å². The standard InChI is InChI=1S/C16H22FN3O3.ClH/c1-23-11-14(18)16(22)20-8-2-7-19(9-10-20)15(21)12-3-5-13(17)6-4-12;/h3-6,14H,2,7-11,18H2,1H3;1H. The average Bonchev–Trinajstić information content (AvgIpc) is 2.80. The van der Waals surface area contributed by atoms with Crippen molar-refractivity contribution in [1.82, 2.24) is 9.80 Å². The first kappa shape index (κ1) is 20.3. The lowest BCUT2D eigenvalue weighted by Gasteiger charge is -2.24. The van der Waals surface area contributed by atoms with Gasteiger partial charge in [-0.1, -0.05) is 0 Å². The summed E-state index contributed by atoms with van der Waals surface area (Å²) in [5.74, 6) is -0.690. The third-order valence-electron chi connectivity index (χ3n) is 3.85. The molecule has 0 bridgehead atoms. The summed E-state index contributed by atoms with van der Waals surface area (Å²) in [5, 5.41) is 0. The number of methoxy groups -OCH3 is 1. The fourth-order valence-corrected chi connectivity index (χ4v) is 2.60. The Labute approximate surface area is 147 Å². The monoisotopic (exact) mass is 359 g/mol. The molecule has 24 heavy (non-hydrogen) atoms. The Bertz CT molecular complexity index is 556. The van der Waals surface area contributed by atoms with Crippen LogP contribution in [-0.2, 0) is 9.53 Å². The maximum atomic E-state index is 12.9. The van der Waals surface area contributed by atoms with Crippen LogP contribution in [0.4, 0.5) is 4.39 Å². The molecule has 1 saturated heterocycles. The Morgan fingerprint density at radius 1 is 1.17 bits per heavy atom. The quantitative estimate of drug-likeness (QED) is 0.866. The summed E-state index contributed by atoms with van der Waals surface area (Å²) in [5.41, 5.74) is 6.22. The molecule has 0 saturated carbocycles. The van der Waals surface area contributed by atoms with E-state index in [2.05, 4.69) is 0 Å². The van der Waals surface area contributed by atoms with Gasteiger partial charge in [0.15, 0.2) is 0 Å². The van der Waals surface area contributed by atoms with Gasteiger partial charge in [-0.05, 0) is 30.7 Å². The van der Waals surface area contributed by atoms with E-state index in [4.69, 9.17) is 10.5 Å². The van der Waals surface area contributed by atoms with Crippen LogP contribution < -0.4 is 5.73 Å². The van der Waals surface area contributed by atoms with Crippen molar-refractivity contribution in [2.24, 2.45) is 5.73 Å². The van der Waals surface area contributed by atoms with Crippen LogP contribution in [0.2, 0.25) is 0 Å². The normalized spacial score (nSPS) is 16.1. The number of rotatable bonds is 4. The van der Waals surface area contributed by atoms with Crippen LogP contribution in [0, 0.1) is 5.82 Å². The summed E-state index contributed by atoms with van der Waals surface area (Å²) in [6, 6.07) is 4.80. The molecule has 1 aliphatic rings. The summed E-state index contributed by atoms with van der Waals surface area (Å²) in [4.78, 5) is 28.0. The van der Waals surface area contributed by atoms with Crippen molar-refractivity contribution in [3.63, 3.8) is 0 Å². The molecule has 1 aromatic rings. The summed E-state index contributed by atoms with van der Waals surface area (Å²) in [6.45, 7) is 2.15. The Morgan fingerprint density at radius 3 is 2.38 bits per heavy atom. The number of nitrogens with zero attached hydrogens (tertiary/aromatic N) is 2. The van der Waals surface area contributed by atoms with Gasteiger partial charge in [0.25, 0.3) is 5.91 Å². The van der Waals surface area contributed by atoms with Gasteiger partial charge in [-0.25, -0.2) is 4.39 Å². The molecule has 1 aromatic carbocycles. The molecule has 2 N–H and O–H groups in total. The summed E-state index contributed by atoms with van der Waals surface area (Å²) in [6.07, 6.45) is 0.679. The third-order valence-corrected chi connectivity index (χ3v) is 3.85. The van der Waals surface area contributed by atoms with Gasteiger partial charge in [-0.2, -0.15) is 0 Å². The minimum Gasteiger partial charge on any atom is -0.383 e. The number of carbonyl (C=O) groups excluding carboxylic acids is 2. The Hall–Kier alpha value is -1.70. The first-order valence-corrected chi connectivity index (χ1v) is 7.61. The second kappa shape index (κ2) is 9.56. The lowest BCUT2D eigenvalue weighted by atomic mass is 10.2. The first-order chi connectivity index (χ1) is 11.0. The van der Waals surface area contributed by atoms with Gasteiger partial charge < -0.3 is 20.3 Å². The number of carbonyl (C=O) groups is 2. The van der Waals surface area contributed by atoms with E-state index in [0.29, 0.717) is 38.2 Å². The molecule has 1 unspecified atom stereocenters. The minimum atomic E-state index is -0.681. The Kier molecular flexibility index (Phi) is 8.10. The molecule has 2 rings (SSSR count). The molecule has 2 amide bonds. The van der Waals surface area contributed by atoms with E-state index in [1.54, 1.807) is 9.80 Å². The number of nitrogens with two attached hydrogens (primary N) is 1. The van der Waals surface area contributed by atoms with Crippen molar-refractivity contribution < 1.29 is 18.7 Å². The average molecular weight is 360 g/mol. The van der Waals surface area contributed by atoms with Crippen molar-refractivity contribution >= 4 is 24.2 Å². The molecule has 134 valence electrons. The molecule has 1 heterocycles. The van der Waals surface area contributed by atoms with E-state index in [1.807, 2.05) is 0 Å². The Balaban J connectivity index is 0.00000288. The molecule has 1 atom stereocenters. The summed E-state index contributed by atoms with van der Waals surface area (Å²) < 4.78 is 17.9. The number of amides is 2. The predicted molar refractivity (Wildman–Crippen MR) is 90.6 cm³/mol. The maximum Gasteiger partial charge on any atom is 0.253 e. The maximum absolute atomic E-state index is 12.9. The SMILES string of the molecule is COCC(N)C(=O)N1CCCN(C(=O)c2ccc(F)cc2)CC1.Cl. The van der Waals surface area contributed by atoms with Crippen LogP contribution in [0.1, 0.15) is 16.8 Å². The highest BCUT2D eigenvalue weighted by atomic mass is 35.5. The fourth-order valence-electron chi connectivity index (χ4n) is 2.60. The topological polar surface area (TPSA) is 75.9 Å². The van der Waals surface area contributed by atoms with E-state index in [9.17, 15) is 14.0 Å². The van der Waals surface area contributed by atoms with Crippen molar-refractivity contribution in [3.05, 3.63) is 35.6 Å². The van der Waals surface area contributed by atoms with Gasteiger partial charge in [-0.15, -0.1) is 12.4 Å². The van der Waals surface area contributed by atoms with Crippen LogP contribution in [-0.4, -0.2) is 67.6 Å². The highest BCUT2D eigenvalue weighted by molar-refractivity contribution is 5.94. The fraction of sp³-hybridized carbons (Fsp3) is 0.500. The molecule has 0 aromatic heterocycles. The molecule has 6 nitrogen and oxygen atoms in total. The van der Waals surface area contributed by atoms with Crippen molar-refractivity contribution in [2.75, 3.05) is 39.9 Å². The Morgan fingerprint density at radius 2 is 1.75 bits per heavy atom. The second-order valence-electron chi connectivity index (χ2n) is 5.54. The number of ether oxygens (including phenoxy) is 1. The van der Waals surface area contributed by atoms with E-state index >= 15 is 0 Å². The van der Waals surface area contributed by atoms with E-state index in [0.717, 1.165) is 0 Å². The van der Waals surface area contributed by atoms with Crippen LogP contribution in [0.25, 0.3) is 0 Å². The molecule has 0 radical (unpaired) electrons. The third kappa shape index (κ3) is 5.15. The molecular weight excluding hydrogens is 337 g/mol. The molecule has 0 aliphatic carbocycles. The largest absolute Gasteiger partial charge is 0.383 e. The first-order valence-electron chi connectivity index (χ1n) is 7.61. The summed E-state index contributed by atoms with van der Waals surface area (Å²) in [7, 11) is 1.50. The highest BCUT2D eigenvalue weighted by Gasteiger charge is 2.25. The van der Waals surface area contributed by atoms with Crippen LogP contribution in [0.3, 0.4) is 0 Å². The lowest BCUT2D eigenvalue weighted by Crippen LogP contribution is -2.47. The van der Waals surface area contributed by atoms with Crippen molar-refractivity contribution in [1.29, 1.82) is 0 Å². The van der Waals surface area contributed by atoms with Crippen LogP contribution >= 0.6 is 12.4 Å². The zero-order valence-corrected chi connectivity index (χ0v) is 14.4. The number of benzene rings is 1. The molecule has 1 fully saturated rings. The smallest absolute Gasteiger partial charge is 0.253 e. The molecule has 1 aliphatic heterocycles. The zero-order valence-electron chi connectivity index (χ0n) is 13.6. The lowest BCUT2D eigenvalue weighted by molar-refractivity contribution is -0.133. The van der Waals surface area contributed by atoms with Gasteiger partial charge in [0.1, 0.15) is 11.9 Å². The van der Waals surface area contributed by atoms with Crippen LogP contribution in [0.15, 0.2) is 24.3 Å². The van der Waals surface area contributed by atoms with Gasteiger partial charge in [0, 0.05) is 38.9 Å². The minimum absolute atomic E-state index is 0. The van der Waals surface area contributed by atoms with E-state index in [-0.39, 0.29) is 36.6 Å². The number of halogens is 2. The van der Waals surface area contributed by atoms with E-state index < -0.39 is 6.04 Å². The van der Waals surface area contributed by atoms with Gasteiger partial charge in [-0.3, -0.25) is 9.59 Å². The molecule has 8 heteroatoms. The molecular formula is C16H23ClFN3O3. The van der Waals surface area contributed by atoms with Gasteiger partial charge in [0.05, 0.1) is 6.61 Å². The van der Waals surface area contributed by atoms with Crippen LogP contribution in [0.5, 0.6) is 0 Å². The predicted octanol–water partition coefficient (Wildman–Crippen LogP) is 0.896. The van der Waals surface area contributed by atoms with Crippen molar-refractivity contribution in [2.45, 2.75) is 12.5 Å². The number of hydrogen-bond donors (Lipinski definition) is 1. The van der Waals surface area contributed by atoms with Crippen molar-refractivity contribution in [3.8, 4) is 0 Å². The molecule has 0 spiro atoms.